The van der Waals surface area contributed by atoms with E-state index in [0.29, 0.717) is 6.04 Å². The van der Waals surface area contributed by atoms with E-state index in [-0.39, 0.29) is 11.1 Å². The summed E-state index contributed by atoms with van der Waals surface area (Å²) in [6.45, 7) is 13.8. The van der Waals surface area contributed by atoms with Gasteiger partial charge in [-0.05, 0) is 53.5 Å². The van der Waals surface area contributed by atoms with Crippen LogP contribution in [0.15, 0.2) is 24.3 Å². The molecule has 1 fully saturated rings. The molecule has 0 aliphatic carbocycles. The van der Waals surface area contributed by atoms with Gasteiger partial charge >= 0.3 is 0 Å². The minimum absolute atomic E-state index is 0.0822. The van der Waals surface area contributed by atoms with Crippen LogP contribution in [0.1, 0.15) is 53.0 Å². The summed E-state index contributed by atoms with van der Waals surface area (Å²) in [5.74, 6) is 0.965. The van der Waals surface area contributed by atoms with Gasteiger partial charge in [-0.25, -0.2) is 0 Å². The lowest BCUT2D eigenvalue weighted by Gasteiger charge is -2.43. The lowest BCUT2D eigenvalue weighted by Crippen LogP contribution is -2.53. The molecule has 1 N–H and O–H groups in total. The van der Waals surface area contributed by atoms with Crippen molar-refractivity contribution in [2.24, 2.45) is 0 Å². The summed E-state index contributed by atoms with van der Waals surface area (Å²) in [7, 11) is 1.75. The van der Waals surface area contributed by atoms with Crippen LogP contribution in [-0.4, -0.2) is 36.7 Å². The fraction of sp³-hybridized carbons (Fsp3) is 0.684. The van der Waals surface area contributed by atoms with Gasteiger partial charge in [0.2, 0.25) is 0 Å². The Labute approximate surface area is 136 Å². The van der Waals surface area contributed by atoms with E-state index in [1.807, 2.05) is 12.1 Å². The summed E-state index contributed by atoms with van der Waals surface area (Å²) in [5, 5.41) is 3.85. The van der Waals surface area contributed by atoms with E-state index < -0.39 is 0 Å². The van der Waals surface area contributed by atoms with Crippen LogP contribution in [0.2, 0.25) is 0 Å². The van der Waals surface area contributed by atoms with Crippen LogP contribution >= 0.6 is 0 Å². The third-order valence-electron chi connectivity index (χ3n) is 4.79. The molecule has 0 saturated carbocycles. The number of rotatable bonds is 4. The van der Waals surface area contributed by atoms with Crippen LogP contribution in [-0.2, 0) is 5.54 Å². The Balaban J connectivity index is 2.01. The average molecular weight is 304 g/mol. The molecule has 0 radical (unpaired) electrons. The summed E-state index contributed by atoms with van der Waals surface area (Å²) in [5.41, 5.74) is 1.43. The van der Waals surface area contributed by atoms with Crippen molar-refractivity contribution in [2.75, 3.05) is 20.2 Å². The fourth-order valence-electron chi connectivity index (χ4n) is 3.44. The van der Waals surface area contributed by atoms with Gasteiger partial charge in [-0.15, -0.1) is 0 Å². The van der Waals surface area contributed by atoms with Gasteiger partial charge in [-0.1, -0.05) is 18.2 Å². The molecule has 1 aliphatic heterocycles. The SMILES string of the molecule is COc1ccccc1C(C)(C)NC1CCN(C(C)(C)C)CC1. The first-order valence-electron chi connectivity index (χ1n) is 8.40. The highest BCUT2D eigenvalue weighted by atomic mass is 16.5. The number of benzene rings is 1. The Morgan fingerprint density at radius 2 is 1.64 bits per heavy atom. The van der Waals surface area contributed by atoms with Crippen LogP contribution in [0.3, 0.4) is 0 Å². The van der Waals surface area contributed by atoms with E-state index in [4.69, 9.17) is 4.74 Å². The molecule has 1 aromatic carbocycles. The molecular formula is C19H32N2O. The van der Waals surface area contributed by atoms with Crippen molar-refractivity contribution >= 4 is 0 Å². The second-order valence-corrected chi connectivity index (χ2v) is 7.90. The van der Waals surface area contributed by atoms with Gasteiger partial charge in [0, 0.05) is 35.8 Å². The van der Waals surface area contributed by atoms with Gasteiger partial charge in [-0.3, -0.25) is 4.90 Å². The monoisotopic (exact) mass is 304 g/mol. The minimum Gasteiger partial charge on any atom is -0.496 e. The highest BCUT2D eigenvalue weighted by molar-refractivity contribution is 5.38. The number of hydrogen-bond donors (Lipinski definition) is 1. The van der Waals surface area contributed by atoms with Crippen LogP contribution in [0.5, 0.6) is 5.75 Å². The Kier molecular flexibility index (Phi) is 5.18. The normalized spacial score (nSPS) is 18.5. The van der Waals surface area contributed by atoms with Crippen molar-refractivity contribution in [2.45, 2.75) is 64.6 Å². The summed E-state index contributed by atoms with van der Waals surface area (Å²) >= 11 is 0. The van der Waals surface area contributed by atoms with Crippen LogP contribution in [0, 0.1) is 0 Å². The van der Waals surface area contributed by atoms with Crippen molar-refractivity contribution < 1.29 is 4.74 Å². The molecule has 0 atom stereocenters. The number of nitrogens with zero attached hydrogens (tertiary/aromatic N) is 1. The first-order chi connectivity index (χ1) is 10.2. The van der Waals surface area contributed by atoms with E-state index in [1.165, 1.54) is 31.5 Å². The molecule has 1 heterocycles. The third kappa shape index (κ3) is 4.02. The molecular weight excluding hydrogens is 272 g/mol. The maximum atomic E-state index is 5.53. The van der Waals surface area contributed by atoms with Crippen LogP contribution in [0.4, 0.5) is 0 Å². The Hall–Kier alpha value is -1.06. The number of methoxy groups -OCH3 is 1. The summed E-state index contributed by atoms with van der Waals surface area (Å²) < 4.78 is 5.53. The molecule has 1 aromatic rings. The summed E-state index contributed by atoms with van der Waals surface area (Å²) in [6, 6.07) is 8.89. The largest absolute Gasteiger partial charge is 0.496 e. The molecule has 1 saturated heterocycles. The second-order valence-electron chi connectivity index (χ2n) is 7.90. The van der Waals surface area contributed by atoms with Crippen molar-refractivity contribution in [1.82, 2.24) is 10.2 Å². The molecule has 124 valence electrons. The minimum atomic E-state index is -0.0822. The topological polar surface area (TPSA) is 24.5 Å². The second kappa shape index (κ2) is 6.59. The van der Waals surface area contributed by atoms with E-state index in [0.717, 1.165) is 5.75 Å². The van der Waals surface area contributed by atoms with Gasteiger partial charge in [0.1, 0.15) is 5.75 Å². The fourth-order valence-corrected chi connectivity index (χ4v) is 3.44. The zero-order valence-corrected chi connectivity index (χ0v) is 15.1. The number of para-hydroxylation sites is 1. The highest BCUT2D eigenvalue weighted by Crippen LogP contribution is 2.31. The predicted octanol–water partition coefficient (Wildman–Crippen LogP) is 3.78. The van der Waals surface area contributed by atoms with Crippen molar-refractivity contribution in [3.05, 3.63) is 29.8 Å². The summed E-state index contributed by atoms with van der Waals surface area (Å²) in [6.07, 6.45) is 2.41. The standard InChI is InChI=1S/C19H32N2O/c1-18(2,3)21-13-11-15(12-14-21)20-19(4,5)16-9-7-8-10-17(16)22-6/h7-10,15,20H,11-14H2,1-6H3. The molecule has 22 heavy (non-hydrogen) atoms. The maximum absolute atomic E-state index is 5.53. The lowest BCUT2D eigenvalue weighted by molar-refractivity contribution is 0.0893. The Morgan fingerprint density at radius 1 is 1.05 bits per heavy atom. The van der Waals surface area contributed by atoms with Gasteiger partial charge in [0.25, 0.3) is 0 Å². The lowest BCUT2D eigenvalue weighted by atomic mass is 9.90. The number of piperidine rings is 1. The number of nitrogens with one attached hydrogen (secondary N) is 1. The van der Waals surface area contributed by atoms with Crippen LogP contribution < -0.4 is 10.1 Å². The highest BCUT2D eigenvalue weighted by Gasteiger charge is 2.31. The third-order valence-corrected chi connectivity index (χ3v) is 4.79. The predicted molar refractivity (Wildman–Crippen MR) is 93.5 cm³/mol. The molecule has 1 aliphatic rings. The number of hydrogen-bond acceptors (Lipinski definition) is 3. The average Bonchev–Trinajstić information content (AvgIpc) is 2.46. The molecule has 3 nitrogen and oxygen atoms in total. The van der Waals surface area contributed by atoms with Crippen LogP contribution in [0.25, 0.3) is 0 Å². The Bertz CT molecular complexity index is 482. The molecule has 0 amide bonds. The van der Waals surface area contributed by atoms with Crippen molar-refractivity contribution in [3.8, 4) is 5.75 Å². The summed E-state index contributed by atoms with van der Waals surface area (Å²) in [4.78, 5) is 2.58. The van der Waals surface area contributed by atoms with Gasteiger partial charge in [0.15, 0.2) is 0 Å². The first-order valence-corrected chi connectivity index (χ1v) is 8.40. The molecule has 0 unspecified atom stereocenters. The first kappa shape index (κ1) is 17.3. The maximum Gasteiger partial charge on any atom is 0.123 e. The zero-order chi connectivity index (χ0) is 16.4. The van der Waals surface area contributed by atoms with E-state index in [9.17, 15) is 0 Å². The zero-order valence-electron chi connectivity index (χ0n) is 15.1. The quantitative estimate of drug-likeness (QED) is 0.916. The smallest absolute Gasteiger partial charge is 0.123 e. The molecule has 0 aromatic heterocycles. The van der Waals surface area contributed by atoms with E-state index in [2.05, 4.69) is 57.0 Å². The number of likely N-dealkylation sites (tertiary alicyclic amines) is 1. The van der Waals surface area contributed by atoms with Gasteiger partial charge in [-0.2, -0.15) is 0 Å². The van der Waals surface area contributed by atoms with Crippen molar-refractivity contribution in [1.29, 1.82) is 0 Å². The molecule has 2 rings (SSSR count). The molecule has 3 heteroatoms. The molecule has 0 bridgehead atoms. The van der Waals surface area contributed by atoms with E-state index >= 15 is 0 Å². The number of ether oxygens (including phenoxy) is 1. The van der Waals surface area contributed by atoms with Gasteiger partial charge < -0.3 is 10.1 Å². The molecule has 0 spiro atoms. The van der Waals surface area contributed by atoms with E-state index in [1.54, 1.807) is 7.11 Å². The van der Waals surface area contributed by atoms with Gasteiger partial charge in [0.05, 0.1) is 7.11 Å². The van der Waals surface area contributed by atoms with Crippen molar-refractivity contribution in [3.63, 3.8) is 0 Å². The Morgan fingerprint density at radius 3 is 2.18 bits per heavy atom.